The van der Waals surface area contributed by atoms with E-state index >= 15 is 0 Å². The van der Waals surface area contributed by atoms with Gasteiger partial charge in [0.1, 0.15) is 0 Å². The Bertz CT molecular complexity index is 437. The third-order valence-corrected chi connectivity index (χ3v) is 4.72. The molecule has 3 heteroatoms. The molecular formula is C17H27N3. The van der Waals surface area contributed by atoms with Gasteiger partial charge in [0, 0.05) is 44.5 Å². The fourth-order valence-electron chi connectivity index (χ4n) is 3.47. The number of nitrogens with zero attached hydrogens (tertiary/aromatic N) is 2. The Balaban J connectivity index is 1.75. The average Bonchev–Trinajstić information content (AvgIpc) is 2.69. The van der Waals surface area contributed by atoms with Gasteiger partial charge in [-0.2, -0.15) is 0 Å². The molecule has 0 radical (unpaired) electrons. The van der Waals surface area contributed by atoms with Gasteiger partial charge in [0.05, 0.1) is 0 Å². The standard InChI is InChI=1S/C17H27N3/c1-14(2)19-9-11-20(12-10-19)17-6-4-3-5-15-13-18-8-7-16(15)17/h3,5-6,14,18H,4,7-13H2,1-2H3. The summed E-state index contributed by atoms with van der Waals surface area (Å²) in [7, 11) is 0. The van der Waals surface area contributed by atoms with Gasteiger partial charge in [-0.05, 0) is 44.4 Å². The first-order chi connectivity index (χ1) is 9.75. The van der Waals surface area contributed by atoms with Crippen molar-refractivity contribution in [2.24, 2.45) is 0 Å². The molecule has 110 valence electrons. The Morgan fingerprint density at radius 2 is 1.95 bits per heavy atom. The highest BCUT2D eigenvalue weighted by Gasteiger charge is 2.24. The van der Waals surface area contributed by atoms with Gasteiger partial charge in [-0.1, -0.05) is 18.2 Å². The van der Waals surface area contributed by atoms with Crippen molar-refractivity contribution in [3.8, 4) is 0 Å². The maximum atomic E-state index is 3.49. The van der Waals surface area contributed by atoms with Gasteiger partial charge >= 0.3 is 0 Å². The Labute approximate surface area is 123 Å². The van der Waals surface area contributed by atoms with Crippen molar-refractivity contribution < 1.29 is 0 Å². The lowest BCUT2D eigenvalue weighted by Gasteiger charge is -2.40. The zero-order chi connectivity index (χ0) is 13.9. The van der Waals surface area contributed by atoms with Crippen LogP contribution in [0, 0.1) is 0 Å². The lowest BCUT2D eigenvalue weighted by atomic mass is 9.97. The second-order valence-corrected chi connectivity index (χ2v) is 6.27. The van der Waals surface area contributed by atoms with E-state index in [4.69, 9.17) is 0 Å². The van der Waals surface area contributed by atoms with Crippen molar-refractivity contribution >= 4 is 0 Å². The molecule has 0 spiro atoms. The number of hydrogen-bond donors (Lipinski definition) is 1. The van der Waals surface area contributed by atoms with Crippen LogP contribution in [-0.2, 0) is 0 Å². The van der Waals surface area contributed by atoms with Crippen LogP contribution in [0.25, 0.3) is 0 Å². The van der Waals surface area contributed by atoms with Crippen LogP contribution in [0.2, 0.25) is 0 Å². The molecule has 0 aromatic heterocycles. The van der Waals surface area contributed by atoms with E-state index in [9.17, 15) is 0 Å². The average molecular weight is 273 g/mol. The first-order valence-corrected chi connectivity index (χ1v) is 8.04. The van der Waals surface area contributed by atoms with E-state index in [1.165, 1.54) is 43.9 Å². The fourth-order valence-corrected chi connectivity index (χ4v) is 3.47. The highest BCUT2D eigenvalue weighted by molar-refractivity contribution is 5.44. The zero-order valence-electron chi connectivity index (χ0n) is 12.9. The largest absolute Gasteiger partial charge is 0.369 e. The van der Waals surface area contributed by atoms with Crippen LogP contribution in [0.1, 0.15) is 26.7 Å². The van der Waals surface area contributed by atoms with Crippen LogP contribution in [0.4, 0.5) is 0 Å². The van der Waals surface area contributed by atoms with Crippen molar-refractivity contribution in [1.29, 1.82) is 0 Å². The highest BCUT2D eigenvalue weighted by Crippen LogP contribution is 2.28. The maximum absolute atomic E-state index is 3.49. The van der Waals surface area contributed by atoms with E-state index in [1.54, 1.807) is 5.57 Å². The third-order valence-electron chi connectivity index (χ3n) is 4.72. The van der Waals surface area contributed by atoms with Gasteiger partial charge in [-0.25, -0.2) is 0 Å². The Hall–Kier alpha value is -1.06. The lowest BCUT2D eigenvalue weighted by Crippen LogP contribution is -2.48. The molecule has 0 aromatic carbocycles. The van der Waals surface area contributed by atoms with Crippen LogP contribution >= 0.6 is 0 Å². The molecule has 0 unspecified atom stereocenters. The van der Waals surface area contributed by atoms with E-state index in [1.807, 2.05) is 0 Å². The molecule has 0 saturated carbocycles. The maximum Gasteiger partial charge on any atom is 0.0366 e. The minimum atomic E-state index is 0.676. The SMILES string of the molecule is CC(C)N1CCN(C2=CCC=CC3=C2CCNC3)CC1. The summed E-state index contributed by atoms with van der Waals surface area (Å²) >= 11 is 0. The summed E-state index contributed by atoms with van der Waals surface area (Å²) in [4.78, 5) is 5.20. The summed E-state index contributed by atoms with van der Waals surface area (Å²) in [5, 5.41) is 3.49. The van der Waals surface area contributed by atoms with Gasteiger partial charge < -0.3 is 10.2 Å². The molecule has 1 fully saturated rings. The lowest BCUT2D eigenvalue weighted by molar-refractivity contribution is 0.131. The minimum Gasteiger partial charge on any atom is -0.369 e. The number of hydrogen-bond acceptors (Lipinski definition) is 3. The van der Waals surface area contributed by atoms with Gasteiger partial charge in [0.15, 0.2) is 0 Å². The summed E-state index contributed by atoms with van der Waals surface area (Å²) in [5.41, 5.74) is 4.62. The van der Waals surface area contributed by atoms with Crippen LogP contribution in [0.3, 0.4) is 0 Å². The van der Waals surface area contributed by atoms with Crippen molar-refractivity contribution in [1.82, 2.24) is 15.1 Å². The molecule has 0 aromatic rings. The summed E-state index contributed by atoms with van der Waals surface area (Å²) in [6, 6.07) is 0.676. The second kappa shape index (κ2) is 6.15. The smallest absolute Gasteiger partial charge is 0.0366 e. The van der Waals surface area contributed by atoms with Crippen LogP contribution in [-0.4, -0.2) is 55.1 Å². The minimum absolute atomic E-state index is 0.676. The molecule has 0 amide bonds. The zero-order valence-corrected chi connectivity index (χ0v) is 12.9. The predicted molar refractivity (Wildman–Crippen MR) is 84.6 cm³/mol. The summed E-state index contributed by atoms with van der Waals surface area (Å²) in [6.45, 7) is 11.5. The molecule has 0 atom stereocenters. The van der Waals surface area contributed by atoms with Gasteiger partial charge in [0.2, 0.25) is 0 Å². The number of piperazine rings is 1. The molecule has 1 aliphatic carbocycles. The summed E-state index contributed by atoms with van der Waals surface area (Å²) < 4.78 is 0. The second-order valence-electron chi connectivity index (χ2n) is 6.27. The third kappa shape index (κ3) is 2.84. The molecule has 1 N–H and O–H groups in total. The van der Waals surface area contributed by atoms with Gasteiger partial charge in [-0.15, -0.1) is 0 Å². The predicted octanol–water partition coefficient (Wildman–Crippen LogP) is 2.15. The van der Waals surface area contributed by atoms with Crippen LogP contribution in [0.5, 0.6) is 0 Å². The van der Waals surface area contributed by atoms with Crippen LogP contribution in [0.15, 0.2) is 35.1 Å². The van der Waals surface area contributed by atoms with Crippen molar-refractivity contribution in [3.05, 3.63) is 35.1 Å². The highest BCUT2D eigenvalue weighted by atomic mass is 15.3. The van der Waals surface area contributed by atoms with Crippen molar-refractivity contribution in [2.45, 2.75) is 32.7 Å². The normalized spacial score (nSPS) is 24.8. The first-order valence-electron chi connectivity index (χ1n) is 8.04. The Kier molecular flexibility index (Phi) is 4.27. The molecule has 2 heterocycles. The fraction of sp³-hybridized carbons (Fsp3) is 0.647. The van der Waals surface area contributed by atoms with E-state index in [2.05, 4.69) is 47.2 Å². The summed E-state index contributed by atoms with van der Waals surface area (Å²) in [6.07, 6.45) is 9.33. The van der Waals surface area contributed by atoms with E-state index < -0.39 is 0 Å². The molecule has 3 aliphatic rings. The first kappa shape index (κ1) is 13.9. The number of rotatable bonds is 2. The van der Waals surface area contributed by atoms with Crippen LogP contribution < -0.4 is 5.32 Å². The molecule has 3 nitrogen and oxygen atoms in total. The molecule has 0 bridgehead atoms. The van der Waals surface area contributed by atoms with Gasteiger partial charge in [0.25, 0.3) is 0 Å². The molecule has 3 rings (SSSR count). The Morgan fingerprint density at radius 1 is 1.15 bits per heavy atom. The quantitative estimate of drug-likeness (QED) is 0.831. The Morgan fingerprint density at radius 3 is 2.70 bits per heavy atom. The number of allylic oxidation sites excluding steroid dienone is 3. The molecule has 20 heavy (non-hydrogen) atoms. The topological polar surface area (TPSA) is 18.5 Å². The van der Waals surface area contributed by atoms with Gasteiger partial charge in [-0.3, -0.25) is 4.90 Å². The molecule has 2 aliphatic heterocycles. The molecule has 1 saturated heterocycles. The summed E-state index contributed by atoms with van der Waals surface area (Å²) in [5.74, 6) is 0. The van der Waals surface area contributed by atoms with Crippen molar-refractivity contribution in [2.75, 3.05) is 39.3 Å². The monoisotopic (exact) mass is 273 g/mol. The number of nitrogens with one attached hydrogen (secondary N) is 1. The van der Waals surface area contributed by atoms with E-state index in [0.717, 1.165) is 19.5 Å². The van der Waals surface area contributed by atoms with E-state index in [0.29, 0.717) is 6.04 Å². The molecular weight excluding hydrogens is 246 g/mol. The van der Waals surface area contributed by atoms with E-state index in [-0.39, 0.29) is 0 Å². The van der Waals surface area contributed by atoms with Crippen molar-refractivity contribution in [3.63, 3.8) is 0 Å².